The quantitative estimate of drug-likeness (QED) is 0.876. The van der Waals surface area contributed by atoms with Gasteiger partial charge in [0.2, 0.25) is 0 Å². The Morgan fingerprint density at radius 1 is 1.23 bits per heavy atom. The summed E-state index contributed by atoms with van der Waals surface area (Å²) in [6.07, 6.45) is 6.80. The molecule has 0 radical (unpaired) electrons. The summed E-state index contributed by atoms with van der Waals surface area (Å²) in [6.45, 7) is 12.0. The molecule has 1 aliphatic rings. The molecule has 0 saturated carbocycles. The molecule has 0 aliphatic carbocycles. The molecule has 126 valence electrons. The number of hydrogen-bond acceptors (Lipinski definition) is 4. The van der Waals surface area contributed by atoms with E-state index in [0.29, 0.717) is 0 Å². The van der Waals surface area contributed by atoms with Gasteiger partial charge >= 0.3 is 0 Å². The third kappa shape index (κ3) is 4.53. The Bertz CT molecular complexity index is 464. The standard InChI is InChI=1S/C17H33N5/c1-16(2,17(3,4)18)12-15-13-22(20-19-15)11-8-14-6-9-21(5)10-7-14/h13-14H,6-12,18H2,1-5H3. The third-order valence-corrected chi connectivity index (χ3v) is 5.56. The van der Waals surface area contributed by atoms with Gasteiger partial charge in [-0.15, -0.1) is 5.10 Å². The van der Waals surface area contributed by atoms with Gasteiger partial charge in [-0.25, -0.2) is 0 Å². The molecule has 0 unspecified atom stereocenters. The van der Waals surface area contributed by atoms with Crippen molar-refractivity contribution in [2.24, 2.45) is 17.1 Å². The van der Waals surface area contributed by atoms with E-state index in [1.165, 1.54) is 32.4 Å². The van der Waals surface area contributed by atoms with Crippen LogP contribution in [0.4, 0.5) is 0 Å². The van der Waals surface area contributed by atoms with Crippen LogP contribution in [0.1, 0.15) is 52.7 Å². The lowest BCUT2D eigenvalue weighted by molar-refractivity contribution is 0.199. The summed E-state index contributed by atoms with van der Waals surface area (Å²) in [5.41, 5.74) is 7.09. The molecule has 1 aliphatic heterocycles. The third-order valence-electron chi connectivity index (χ3n) is 5.56. The predicted octanol–water partition coefficient (Wildman–Crippen LogP) is 2.32. The van der Waals surface area contributed by atoms with Gasteiger partial charge in [0.05, 0.1) is 5.69 Å². The van der Waals surface area contributed by atoms with Gasteiger partial charge in [-0.3, -0.25) is 4.68 Å². The van der Waals surface area contributed by atoms with Crippen LogP contribution in [-0.4, -0.2) is 45.6 Å². The molecule has 5 nitrogen and oxygen atoms in total. The van der Waals surface area contributed by atoms with E-state index in [1.54, 1.807) is 0 Å². The molecule has 1 aromatic rings. The number of rotatable bonds is 6. The first kappa shape index (κ1) is 17.4. The Labute approximate surface area is 135 Å². The predicted molar refractivity (Wildman–Crippen MR) is 90.6 cm³/mol. The summed E-state index contributed by atoms with van der Waals surface area (Å²) < 4.78 is 2.01. The van der Waals surface area contributed by atoms with Gasteiger partial charge in [0.25, 0.3) is 0 Å². The molecule has 0 bridgehead atoms. The molecule has 0 atom stereocenters. The van der Waals surface area contributed by atoms with Gasteiger partial charge in [0.15, 0.2) is 0 Å². The molecule has 22 heavy (non-hydrogen) atoms. The molecule has 0 amide bonds. The van der Waals surface area contributed by atoms with Crippen LogP contribution < -0.4 is 5.73 Å². The lowest BCUT2D eigenvalue weighted by Crippen LogP contribution is -2.48. The highest BCUT2D eigenvalue weighted by Crippen LogP contribution is 2.31. The van der Waals surface area contributed by atoms with Gasteiger partial charge in [-0.2, -0.15) is 0 Å². The normalized spacial score (nSPS) is 18.8. The van der Waals surface area contributed by atoms with Crippen molar-refractivity contribution in [3.8, 4) is 0 Å². The Balaban J connectivity index is 1.84. The van der Waals surface area contributed by atoms with E-state index in [0.717, 1.165) is 24.6 Å². The van der Waals surface area contributed by atoms with Crippen molar-refractivity contribution in [1.82, 2.24) is 19.9 Å². The summed E-state index contributed by atoms with van der Waals surface area (Å²) in [7, 11) is 2.21. The molecule has 1 fully saturated rings. The molecule has 2 N–H and O–H groups in total. The van der Waals surface area contributed by atoms with E-state index in [1.807, 2.05) is 4.68 Å². The maximum Gasteiger partial charge on any atom is 0.0833 e. The minimum Gasteiger partial charge on any atom is -0.325 e. The SMILES string of the molecule is CN1CCC(CCn2cc(CC(C)(C)C(C)(C)N)nn2)CC1. The highest BCUT2D eigenvalue weighted by atomic mass is 15.4. The number of nitrogens with two attached hydrogens (primary N) is 1. The van der Waals surface area contributed by atoms with E-state index in [9.17, 15) is 0 Å². The smallest absolute Gasteiger partial charge is 0.0833 e. The van der Waals surface area contributed by atoms with E-state index in [2.05, 4.69) is 56.2 Å². The van der Waals surface area contributed by atoms with Gasteiger partial charge in [-0.05, 0) is 71.0 Å². The minimum atomic E-state index is -0.231. The van der Waals surface area contributed by atoms with Crippen LogP contribution in [0.5, 0.6) is 0 Å². The van der Waals surface area contributed by atoms with Crippen molar-refractivity contribution in [2.75, 3.05) is 20.1 Å². The highest BCUT2D eigenvalue weighted by Gasteiger charge is 2.34. The van der Waals surface area contributed by atoms with Gasteiger partial charge in [0.1, 0.15) is 0 Å². The fraction of sp³-hybridized carbons (Fsp3) is 0.882. The number of piperidine rings is 1. The maximum absolute atomic E-state index is 6.28. The minimum absolute atomic E-state index is 0.00180. The summed E-state index contributed by atoms with van der Waals surface area (Å²) in [5.74, 6) is 0.836. The lowest BCUT2D eigenvalue weighted by Gasteiger charge is -2.38. The van der Waals surface area contributed by atoms with Crippen LogP contribution >= 0.6 is 0 Å². The Kier molecular flexibility index (Phi) is 5.28. The average Bonchev–Trinajstić information content (AvgIpc) is 2.84. The van der Waals surface area contributed by atoms with Crippen LogP contribution in [0.2, 0.25) is 0 Å². The highest BCUT2D eigenvalue weighted by molar-refractivity contribution is 5.02. The summed E-state index contributed by atoms with van der Waals surface area (Å²) >= 11 is 0. The first-order valence-electron chi connectivity index (χ1n) is 8.54. The number of likely N-dealkylation sites (tertiary alicyclic amines) is 1. The first-order valence-corrected chi connectivity index (χ1v) is 8.54. The van der Waals surface area contributed by atoms with Crippen molar-refractivity contribution < 1.29 is 0 Å². The maximum atomic E-state index is 6.28. The van der Waals surface area contributed by atoms with Crippen molar-refractivity contribution in [3.05, 3.63) is 11.9 Å². The summed E-state index contributed by atoms with van der Waals surface area (Å²) in [6, 6.07) is 0. The molecule has 1 aromatic heterocycles. The van der Waals surface area contributed by atoms with E-state index in [4.69, 9.17) is 5.73 Å². The number of nitrogens with zero attached hydrogens (tertiary/aromatic N) is 4. The zero-order valence-corrected chi connectivity index (χ0v) is 15.0. The van der Waals surface area contributed by atoms with Crippen molar-refractivity contribution in [3.63, 3.8) is 0 Å². The molecule has 2 heterocycles. The monoisotopic (exact) mass is 307 g/mol. The molecular formula is C17H33N5. The summed E-state index contributed by atoms with van der Waals surface area (Å²) in [5, 5.41) is 8.64. The summed E-state index contributed by atoms with van der Waals surface area (Å²) in [4.78, 5) is 2.42. The zero-order chi connectivity index (χ0) is 16.4. The molecule has 0 aromatic carbocycles. The van der Waals surface area contributed by atoms with Gasteiger partial charge < -0.3 is 10.6 Å². The lowest BCUT2D eigenvalue weighted by atomic mass is 9.72. The fourth-order valence-electron chi connectivity index (χ4n) is 2.88. The van der Waals surface area contributed by atoms with Crippen molar-refractivity contribution in [2.45, 2.75) is 65.5 Å². The topological polar surface area (TPSA) is 60.0 Å². The molecule has 1 saturated heterocycles. The van der Waals surface area contributed by atoms with E-state index >= 15 is 0 Å². The second kappa shape index (κ2) is 6.67. The van der Waals surface area contributed by atoms with Crippen molar-refractivity contribution >= 4 is 0 Å². The fourth-order valence-corrected chi connectivity index (χ4v) is 2.88. The Hall–Kier alpha value is -0.940. The van der Waals surface area contributed by atoms with Gasteiger partial charge in [-0.1, -0.05) is 19.1 Å². The van der Waals surface area contributed by atoms with Crippen LogP contribution in [0.15, 0.2) is 6.20 Å². The number of aryl methyl sites for hydroxylation is 1. The van der Waals surface area contributed by atoms with Crippen molar-refractivity contribution in [1.29, 1.82) is 0 Å². The Morgan fingerprint density at radius 2 is 1.86 bits per heavy atom. The van der Waals surface area contributed by atoms with Crippen LogP contribution in [0.25, 0.3) is 0 Å². The van der Waals surface area contributed by atoms with Gasteiger partial charge in [0, 0.05) is 18.3 Å². The van der Waals surface area contributed by atoms with Crippen LogP contribution in [0, 0.1) is 11.3 Å². The van der Waals surface area contributed by atoms with Crippen LogP contribution in [-0.2, 0) is 13.0 Å². The van der Waals surface area contributed by atoms with Crippen LogP contribution in [0.3, 0.4) is 0 Å². The largest absolute Gasteiger partial charge is 0.325 e. The second-order valence-electron chi connectivity index (χ2n) is 8.29. The number of aromatic nitrogens is 3. The zero-order valence-electron chi connectivity index (χ0n) is 15.0. The number of hydrogen-bond donors (Lipinski definition) is 1. The molecular weight excluding hydrogens is 274 g/mol. The molecule has 0 spiro atoms. The Morgan fingerprint density at radius 3 is 2.45 bits per heavy atom. The van der Waals surface area contributed by atoms with E-state index < -0.39 is 0 Å². The first-order chi connectivity index (χ1) is 10.2. The average molecular weight is 307 g/mol. The molecule has 2 rings (SSSR count). The van der Waals surface area contributed by atoms with E-state index in [-0.39, 0.29) is 11.0 Å². The molecule has 5 heteroatoms. The second-order valence-corrected chi connectivity index (χ2v) is 8.29.